The first kappa shape index (κ1) is 21.8. The van der Waals surface area contributed by atoms with E-state index in [2.05, 4.69) is 23.7 Å². The molecular formula is C16H4Cl8N2. The van der Waals surface area contributed by atoms with Crippen molar-refractivity contribution in [2.75, 3.05) is 11.5 Å². The molecule has 0 bridgehead atoms. The summed E-state index contributed by atoms with van der Waals surface area (Å²) < 4.78 is 0. The van der Waals surface area contributed by atoms with Gasteiger partial charge in [0.2, 0.25) is 0 Å². The number of hydrogen-bond donors (Lipinski definition) is 2. The van der Waals surface area contributed by atoms with Crippen molar-refractivity contribution in [1.82, 2.24) is 0 Å². The van der Waals surface area contributed by atoms with Crippen LogP contribution in [0.25, 0.3) is 0 Å². The molecular weight excluding hydrogens is 504 g/mol. The third-order valence-electron chi connectivity index (χ3n) is 3.03. The molecule has 0 fully saturated rings. The lowest BCUT2D eigenvalue weighted by atomic mass is 10.2. The van der Waals surface area contributed by atoms with Crippen molar-refractivity contribution in [3.05, 3.63) is 51.3 Å². The number of halogens is 8. The number of anilines is 2. The topological polar surface area (TPSA) is 52.0 Å². The first-order valence-corrected chi connectivity index (χ1v) is 9.36. The molecule has 0 saturated carbocycles. The Balaban J connectivity index is 2.54. The van der Waals surface area contributed by atoms with E-state index in [9.17, 15) is 0 Å². The van der Waals surface area contributed by atoms with Crippen LogP contribution in [0.15, 0.2) is 0 Å². The van der Waals surface area contributed by atoms with Gasteiger partial charge in [-0.25, -0.2) is 0 Å². The summed E-state index contributed by atoms with van der Waals surface area (Å²) in [6.07, 6.45) is 0. The van der Waals surface area contributed by atoms with Crippen LogP contribution in [-0.2, 0) is 0 Å². The first-order chi connectivity index (χ1) is 12.1. The Hall–Kier alpha value is -0.520. The maximum Gasteiger partial charge on any atom is 0.0850 e. The molecule has 2 aromatic carbocycles. The molecule has 0 aliphatic rings. The highest BCUT2D eigenvalue weighted by Gasteiger charge is 2.18. The predicted molar refractivity (Wildman–Crippen MR) is 116 cm³/mol. The van der Waals surface area contributed by atoms with Crippen LogP contribution in [0.5, 0.6) is 0 Å². The monoisotopic (exact) mass is 504 g/mol. The number of benzene rings is 2. The van der Waals surface area contributed by atoms with Gasteiger partial charge in [0.25, 0.3) is 0 Å². The molecule has 2 aromatic rings. The van der Waals surface area contributed by atoms with E-state index in [1.54, 1.807) is 0 Å². The van der Waals surface area contributed by atoms with E-state index >= 15 is 0 Å². The van der Waals surface area contributed by atoms with Crippen molar-refractivity contribution < 1.29 is 0 Å². The van der Waals surface area contributed by atoms with Crippen molar-refractivity contribution in [1.29, 1.82) is 0 Å². The highest BCUT2D eigenvalue weighted by atomic mass is 35.5. The molecule has 4 N–H and O–H groups in total. The molecule has 0 aliphatic heterocycles. The van der Waals surface area contributed by atoms with Crippen LogP contribution in [0.4, 0.5) is 11.4 Å². The average Bonchev–Trinajstić information content (AvgIpc) is 2.63. The van der Waals surface area contributed by atoms with Gasteiger partial charge in [-0.15, -0.1) is 0 Å². The number of hydrogen-bond acceptors (Lipinski definition) is 2. The second-order valence-electron chi connectivity index (χ2n) is 4.59. The largest absolute Gasteiger partial charge is 0.396 e. The Bertz CT molecular complexity index is 911. The molecule has 2 rings (SSSR count). The quantitative estimate of drug-likeness (QED) is 0.221. The fraction of sp³-hybridized carbons (Fsp3) is 0. The summed E-state index contributed by atoms with van der Waals surface area (Å²) >= 11 is 48.3. The van der Waals surface area contributed by atoms with Gasteiger partial charge in [0.05, 0.1) is 62.7 Å². The lowest BCUT2D eigenvalue weighted by Crippen LogP contribution is -1.93. The van der Waals surface area contributed by atoms with Crippen molar-refractivity contribution in [2.45, 2.75) is 0 Å². The average molecular weight is 508 g/mol. The van der Waals surface area contributed by atoms with E-state index in [0.29, 0.717) is 0 Å². The van der Waals surface area contributed by atoms with Gasteiger partial charge in [-0.2, -0.15) is 0 Å². The van der Waals surface area contributed by atoms with E-state index in [4.69, 9.17) is 104 Å². The highest BCUT2D eigenvalue weighted by molar-refractivity contribution is 6.52. The zero-order valence-corrected chi connectivity index (χ0v) is 18.2. The van der Waals surface area contributed by atoms with Crippen LogP contribution in [-0.4, -0.2) is 0 Å². The van der Waals surface area contributed by atoms with Crippen molar-refractivity contribution in [2.24, 2.45) is 0 Å². The molecule has 2 nitrogen and oxygen atoms in total. The van der Waals surface area contributed by atoms with Gasteiger partial charge >= 0.3 is 0 Å². The van der Waals surface area contributed by atoms with Crippen LogP contribution < -0.4 is 11.5 Å². The smallest absolute Gasteiger partial charge is 0.0850 e. The van der Waals surface area contributed by atoms with Gasteiger partial charge < -0.3 is 11.5 Å². The maximum absolute atomic E-state index is 6.08. The minimum absolute atomic E-state index is 0.0431. The van der Waals surface area contributed by atoms with Crippen LogP contribution in [0.1, 0.15) is 11.1 Å². The minimum Gasteiger partial charge on any atom is -0.396 e. The Morgan fingerprint density at radius 2 is 0.654 bits per heavy atom. The molecule has 0 saturated heterocycles. The van der Waals surface area contributed by atoms with Crippen molar-refractivity contribution >= 4 is 104 Å². The van der Waals surface area contributed by atoms with Crippen molar-refractivity contribution in [3.8, 4) is 23.7 Å². The molecule has 0 spiro atoms. The summed E-state index contributed by atoms with van der Waals surface area (Å²) in [7, 11) is 0. The third kappa shape index (κ3) is 4.00. The normalized spacial score (nSPS) is 10.0. The Morgan fingerprint density at radius 3 is 0.885 bits per heavy atom. The Labute approximate surface area is 189 Å². The van der Waals surface area contributed by atoms with Crippen LogP contribution >= 0.6 is 92.8 Å². The summed E-state index contributed by atoms with van der Waals surface area (Å²) in [6.45, 7) is 0. The molecule has 0 aromatic heterocycles. The van der Waals surface area contributed by atoms with E-state index in [0.717, 1.165) is 0 Å². The number of nitrogens with two attached hydrogens (primary N) is 2. The molecule has 0 atom stereocenters. The number of rotatable bonds is 0. The van der Waals surface area contributed by atoms with E-state index < -0.39 is 0 Å². The lowest BCUT2D eigenvalue weighted by Gasteiger charge is -2.08. The molecule has 0 unspecified atom stereocenters. The Morgan fingerprint density at radius 1 is 0.423 bits per heavy atom. The van der Waals surface area contributed by atoms with Gasteiger partial charge in [0.1, 0.15) is 0 Å². The Kier molecular flexibility index (Phi) is 7.25. The summed E-state index contributed by atoms with van der Waals surface area (Å²) in [5.74, 6) is 10.4. The minimum atomic E-state index is 0.0431. The zero-order chi connectivity index (χ0) is 19.8. The zero-order valence-electron chi connectivity index (χ0n) is 12.2. The predicted octanol–water partition coefficient (Wildman–Crippen LogP) is 7.48. The molecule has 0 radical (unpaired) electrons. The summed E-state index contributed by atoms with van der Waals surface area (Å²) in [6, 6.07) is 0. The molecule has 0 aliphatic carbocycles. The lowest BCUT2D eigenvalue weighted by molar-refractivity contribution is 1.62. The highest BCUT2D eigenvalue weighted by Crippen LogP contribution is 2.43. The standard InChI is InChI=1S/C16H4Cl8N2/c17-7-5(8(18)12(22)15(25)11(7)21)3-1-2-4-6-9(19)13(23)16(26)14(24)10(6)20/h25-26H2. The fourth-order valence-electron chi connectivity index (χ4n) is 1.70. The first-order valence-electron chi connectivity index (χ1n) is 6.34. The van der Waals surface area contributed by atoms with Crippen LogP contribution in [0, 0.1) is 23.7 Å². The van der Waals surface area contributed by atoms with Crippen LogP contribution in [0.3, 0.4) is 0 Å². The van der Waals surface area contributed by atoms with Gasteiger partial charge in [0, 0.05) is 0 Å². The summed E-state index contributed by atoms with van der Waals surface area (Å²) in [4.78, 5) is 0. The molecule has 0 heterocycles. The molecule has 10 heteroatoms. The van der Waals surface area contributed by atoms with Gasteiger partial charge in [-0.3, -0.25) is 0 Å². The van der Waals surface area contributed by atoms with Gasteiger partial charge in [0.15, 0.2) is 0 Å². The molecule has 26 heavy (non-hydrogen) atoms. The summed E-state index contributed by atoms with van der Waals surface area (Å²) in [5.41, 5.74) is 11.8. The van der Waals surface area contributed by atoms with Gasteiger partial charge in [-0.1, -0.05) is 92.8 Å². The second kappa shape index (κ2) is 8.66. The third-order valence-corrected chi connectivity index (χ3v) is 6.50. The maximum atomic E-state index is 6.08. The van der Waals surface area contributed by atoms with Gasteiger partial charge in [-0.05, 0) is 23.7 Å². The summed E-state index contributed by atoms with van der Waals surface area (Å²) in [5, 5.41) is 0.404. The second-order valence-corrected chi connectivity index (χ2v) is 7.61. The number of nitrogen functional groups attached to an aromatic ring is 2. The molecule has 134 valence electrons. The van der Waals surface area contributed by atoms with Crippen molar-refractivity contribution in [3.63, 3.8) is 0 Å². The van der Waals surface area contributed by atoms with E-state index in [-0.39, 0.29) is 62.7 Å². The SMILES string of the molecule is Nc1c(Cl)c(Cl)c(C#CC#Cc2c(Cl)c(Cl)c(N)c(Cl)c2Cl)c(Cl)c1Cl. The van der Waals surface area contributed by atoms with E-state index in [1.165, 1.54) is 0 Å². The van der Waals surface area contributed by atoms with Crippen LogP contribution in [0.2, 0.25) is 40.2 Å². The molecule has 0 amide bonds. The fourth-order valence-corrected chi connectivity index (χ4v) is 3.63. The van der Waals surface area contributed by atoms with E-state index in [1.807, 2.05) is 0 Å².